The number of nitrogens with zero attached hydrogens (tertiary/aromatic N) is 1. The Balaban J connectivity index is 2.76. The Hall–Kier alpha value is -1.29. The number of hydrogen-bond acceptors (Lipinski definition) is 1. The lowest BCUT2D eigenvalue weighted by molar-refractivity contribution is 1.26. The minimum absolute atomic E-state index is 0.515. The quantitative estimate of drug-likeness (QED) is 0.551. The van der Waals surface area contributed by atoms with Crippen molar-refractivity contribution in [3.63, 3.8) is 0 Å². The van der Waals surface area contributed by atoms with Crippen molar-refractivity contribution < 1.29 is 0 Å². The molecule has 0 radical (unpaired) electrons. The SMILES string of the molecule is N#CC[13c]1ccccc1. The maximum atomic E-state index is 8.27. The fourth-order valence-electron chi connectivity index (χ4n) is 0.687. The molecule has 1 aromatic carbocycles. The third-order valence-corrected chi connectivity index (χ3v) is 1.13. The van der Waals surface area contributed by atoms with Gasteiger partial charge in [-0.3, -0.25) is 0 Å². The minimum Gasteiger partial charge on any atom is -0.198 e. The molecule has 0 N–H and O–H groups in total. The van der Waals surface area contributed by atoms with Crippen LogP contribution in [0.15, 0.2) is 30.3 Å². The molecule has 0 heterocycles. The summed E-state index contributed by atoms with van der Waals surface area (Å²) in [5.41, 5.74) is 1.08. The Bertz CT molecular complexity index is 208. The zero-order valence-corrected chi connectivity index (χ0v) is 5.04. The van der Waals surface area contributed by atoms with Gasteiger partial charge in [0.25, 0.3) is 0 Å². The van der Waals surface area contributed by atoms with Crippen molar-refractivity contribution in [1.29, 1.82) is 5.26 Å². The third-order valence-electron chi connectivity index (χ3n) is 1.13. The lowest BCUT2D eigenvalue weighted by atomic mass is 10.4. The van der Waals surface area contributed by atoms with E-state index in [1.54, 1.807) is 0 Å². The molecule has 1 rings (SSSR count). The van der Waals surface area contributed by atoms with E-state index in [1.807, 2.05) is 30.3 Å². The molecule has 0 bridgehead atoms. The predicted octanol–water partition coefficient (Wildman–Crippen LogP) is 1.75. The van der Waals surface area contributed by atoms with Gasteiger partial charge >= 0.3 is 0 Å². The molecular formula is C8H7N. The van der Waals surface area contributed by atoms with E-state index in [-0.39, 0.29) is 0 Å². The van der Waals surface area contributed by atoms with Crippen molar-refractivity contribution in [3.05, 3.63) is 35.9 Å². The van der Waals surface area contributed by atoms with Crippen LogP contribution in [0.5, 0.6) is 0 Å². The first-order valence-corrected chi connectivity index (χ1v) is 2.84. The van der Waals surface area contributed by atoms with Crippen LogP contribution >= 0.6 is 0 Å². The molecule has 0 aliphatic carbocycles. The molecule has 0 saturated heterocycles. The van der Waals surface area contributed by atoms with Gasteiger partial charge in [0, 0.05) is 0 Å². The maximum absolute atomic E-state index is 8.27. The maximum Gasteiger partial charge on any atom is 0.0669 e. The van der Waals surface area contributed by atoms with E-state index in [9.17, 15) is 0 Å². The second kappa shape index (κ2) is 2.88. The zero-order valence-electron chi connectivity index (χ0n) is 5.04. The summed E-state index contributed by atoms with van der Waals surface area (Å²) in [5, 5.41) is 8.27. The van der Waals surface area contributed by atoms with E-state index in [2.05, 4.69) is 6.07 Å². The fourth-order valence-corrected chi connectivity index (χ4v) is 0.687. The summed E-state index contributed by atoms with van der Waals surface area (Å²) in [4.78, 5) is 0. The van der Waals surface area contributed by atoms with Gasteiger partial charge in [0.05, 0.1) is 12.5 Å². The van der Waals surface area contributed by atoms with E-state index in [0.29, 0.717) is 6.42 Å². The van der Waals surface area contributed by atoms with Crippen LogP contribution in [0.4, 0.5) is 0 Å². The van der Waals surface area contributed by atoms with Crippen molar-refractivity contribution in [2.24, 2.45) is 0 Å². The summed E-state index contributed by atoms with van der Waals surface area (Å²) >= 11 is 0. The number of benzene rings is 1. The Kier molecular flexibility index (Phi) is 1.87. The van der Waals surface area contributed by atoms with Crippen molar-refractivity contribution in [2.75, 3.05) is 0 Å². The largest absolute Gasteiger partial charge is 0.198 e. The second-order valence-electron chi connectivity index (χ2n) is 1.82. The fraction of sp³-hybridized carbons (Fsp3) is 0.125. The van der Waals surface area contributed by atoms with E-state index < -0.39 is 0 Å². The average Bonchev–Trinajstić information content (AvgIpc) is 1.91. The molecule has 0 aromatic heterocycles. The predicted molar refractivity (Wildman–Crippen MR) is 35.8 cm³/mol. The first kappa shape index (κ1) is 5.84. The third kappa shape index (κ3) is 1.58. The van der Waals surface area contributed by atoms with Crippen LogP contribution in [0.2, 0.25) is 0 Å². The van der Waals surface area contributed by atoms with Gasteiger partial charge in [0.1, 0.15) is 0 Å². The highest BCUT2D eigenvalue weighted by Crippen LogP contribution is 1.96. The lowest BCUT2D eigenvalue weighted by Gasteiger charge is -1.88. The molecule has 44 valence electrons. The second-order valence-corrected chi connectivity index (χ2v) is 1.82. The molecule has 0 aliphatic rings. The van der Waals surface area contributed by atoms with Gasteiger partial charge in [-0.15, -0.1) is 0 Å². The Morgan fingerprint density at radius 3 is 2.44 bits per heavy atom. The zero-order chi connectivity index (χ0) is 6.53. The van der Waals surface area contributed by atoms with Crippen molar-refractivity contribution in [1.82, 2.24) is 0 Å². The topological polar surface area (TPSA) is 23.8 Å². The minimum atomic E-state index is 0.515. The monoisotopic (exact) mass is 118 g/mol. The molecular weight excluding hydrogens is 111 g/mol. The summed E-state index contributed by atoms with van der Waals surface area (Å²) in [7, 11) is 0. The first-order chi connectivity index (χ1) is 4.43. The smallest absolute Gasteiger partial charge is 0.0669 e. The molecule has 0 amide bonds. The van der Waals surface area contributed by atoms with Crippen molar-refractivity contribution >= 4 is 0 Å². The van der Waals surface area contributed by atoms with E-state index in [0.717, 1.165) is 5.56 Å². The number of hydrogen-bond donors (Lipinski definition) is 0. The van der Waals surface area contributed by atoms with E-state index in [1.165, 1.54) is 0 Å². The molecule has 0 atom stereocenters. The highest BCUT2D eigenvalue weighted by molar-refractivity contribution is 5.17. The summed E-state index contributed by atoms with van der Waals surface area (Å²) in [5.74, 6) is 0. The van der Waals surface area contributed by atoms with Gasteiger partial charge in [-0.1, -0.05) is 30.3 Å². The lowest BCUT2D eigenvalue weighted by Crippen LogP contribution is -1.76. The van der Waals surface area contributed by atoms with Crippen LogP contribution in [-0.2, 0) is 6.42 Å². The normalized spacial score (nSPS) is 8.33. The summed E-state index contributed by atoms with van der Waals surface area (Å²) < 4.78 is 0. The molecule has 0 fully saturated rings. The molecule has 1 heteroatoms. The van der Waals surface area contributed by atoms with E-state index >= 15 is 0 Å². The van der Waals surface area contributed by atoms with Crippen LogP contribution < -0.4 is 0 Å². The molecule has 0 unspecified atom stereocenters. The number of rotatable bonds is 1. The van der Waals surface area contributed by atoms with Crippen LogP contribution in [0.25, 0.3) is 0 Å². The van der Waals surface area contributed by atoms with Crippen LogP contribution in [0, 0.1) is 11.3 Å². The van der Waals surface area contributed by atoms with Gasteiger partial charge < -0.3 is 0 Å². The summed E-state index contributed by atoms with van der Waals surface area (Å²) in [6.07, 6.45) is 0.515. The van der Waals surface area contributed by atoms with Crippen LogP contribution in [-0.4, -0.2) is 0 Å². The standard InChI is InChI=1S/C8H7N/c9-7-6-8-4-2-1-3-5-8/h1-5H,6H2/i8+1. The molecule has 0 aliphatic heterocycles. The Labute approximate surface area is 54.6 Å². The Morgan fingerprint density at radius 1 is 1.22 bits per heavy atom. The van der Waals surface area contributed by atoms with Gasteiger partial charge in [0.15, 0.2) is 0 Å². The highest BCUT2D eigenvalue weighted by Gasteiger charge is 1.84. The highest BCUT2D eigenvalue weighted by atomic mass is 14.3. The summed E-state index contributed by atoms with van der Waals surface area (Å²) in [6, 6.07) is 11.8. The average molecular weight is 118 g/mol. The van der Waals surface area contributed by atoms with Crippen molar-refractivity contribution in [3.8, 4) is 6.07 Å². The molecule has 9 heavy (non-hydrogen) atoms. The molecule has 0 saturated carbocycles. The van der Waals surface area contributed by atoms with Gasteiger partial charge in [-0.2, -0.15) is 5.26 Å². The van der Waals surface area contributed by atoms with Crippen molar-refractivity contribution in [2.45, 2.75) is 6.42 Å². The first-order valence-electron chi connectivity index (χ1n) is 2.84. The van der Waals surface area contributed by atoms with Gasteiger partial charge in [-0.05, 0) is 5.56 Å². The molecule has 0 spiro atoms. The number of nitriles is 1. The summed E-state index contributed by atoms with van der Waals surface area (Å²) in [6.45, 7) is 0. The Morgan fingerprint density at radius 2 is 1.89 bits per heavy atom. The molecule has 1 nitrogen and oxygen atoms in total. The van der Waals surface area contributed by atoms with Crippen LogP contribution in [0.1, 0.15) is 5.56 Å². The van der Waals surface area contributed by atoms with E-state index in [4.69, 9.17) is 5.26 Å². The van der Waals surface area contributed by atoms with Gasteiger partial charge in [-0.25, -0.2) is 0 Å². The molecule has 1 aromatic rings. The van der Waals surface area contributed by atoms with Gasteiger partial charge in [0.2, 0.25) is 0 Å². The van der Waals surface area contributed by atoms with Crippen LogP contribution in [0.3, 0.4) is 0 Å².